The molecule has 0 saturated heterocycles. The zero-order valence-corrected chi connectivity index (χ0v) is 13.9. The maximum Gasteiger partial charge on any atom is 0.232 e. The van der Waals surface area contributed by atoms with Gasteiger partial charge >= 0.3 is 0 Å². The average molecular weight is 339 g/mol. The predicted molar refractivity (Wildman–Crippen MR) is 93.2 cm³/mol. The lowest BCUT2D eigenvalue weighted by Crippen LogP contribution is -2.26. The van der Waals surface area contributed by atoms with Crippen molar-refractivity contribution < 1.29 is 14.9 Å². The predicted octanol–water partition coefficient (Wildman–Crippen LogP) is 2.57. The Labute approximate surface area is 145 Å². The molecule has 130 valence electrons. The van der Waals surface area contributed by atoms with Gasteiger partial charge in [0.1, 0.15) is 6.10 Å². The van der Waals surface area contributed by atoms with Gasteiger partial charge < -0.3 is 14.9 Å². The molecule has 25 heavy (non-hydrogen) atoms. The Balaban J connectivity index is 1.63. The van der Waals surface area contributed by atoms with Crippen molar-refractivity contribution in [3.63, 3.8) is 0 Å². The number of aromatic nitrogens is 3. The summed E-state index contributed by atoms with van der Waals surface area (Å²) in [7, 11) is 0. The van der Waals surface area contributed by atoms with Gasteiger partial charge in [-0.2, -0.15) is 0 Å². The molecular formula is C19H21N3O3. The highest BCUT2D eigenvalue weighted by atomic mass is 16.5. The molecule has 6 nitrogen and oxygen atoms in total. The van der Waals surface area contributed by atoms with E-state index >= 15 is 0 Å². The summed E-state index contributed by atoms with van der Waals surface area (Å²) in [4.78, 5) is 4.40. The van der Waals surface area contributed by atoms with E-state index in [-0.39, 0.29) is 18.8 Å². The molecule has 3 aromatic rings. The summed E-state index contributed by atoms with van der Waals surface area (Å²) in [6.07, 6.45) is 4.91. The van der Waals surface area contributed by atoms with Gasteiger partial charge in [-0.15, -0.1) is 5.10 Å². The number of fused-ring (bicyclic) bond motifs is 1. The summed E-state index contributed by atoms with van der Waals surface area (Å²) in [6.45, 7) is -0.000102. The fourth-order valence-electron chi connectivity index (χ4n) is 3.28. The van der Waals surface area contributed by atoms with Gasteiger partial charge in [0.25, 0.3) is 0 Å². The Morgan fingerprint density at radius 3 is 2.76 bits per heavy atom. The lowest BCUT2D eigenvalue weighted by atomic mass is 9.95. The van der Waals surface area contributed by atoms with Crippen molar-refractivity contribution >= 4 is 5.65 Å². The Kier molecular flexibility index (Phi) is 4.38. The standard InChI is InChI=1S/C19H21N3O3/c23-12-13-2-1-3-14(10-13)17-11-20-18-8-9-19(21-22(17)18)25-16-6-4-15(24)5-7-16/h1-3,8-11,15-16,23-24H,4-7,12H2/t15-,16-. The van der Waals surface area contributed by atoms with Crippen LogP contribution >= 0.6 is 0 Å². The molecule has 0 unspecified atom stereocenters. The Morgan fingerprint density at radius 2 is 1.96 bits per heavy atom. The molecule has 1 fully saturated rings. The van der Waals surface area contributed by atoms with E-state index in [9.17, 15) is 10.2 Å². The highest BCUT2D eigenvalue weighted by Crippen LogP contribution is 2.25. The van der Waals surface area contributed by atoms with Crippen molar-refractivity contribution in [1.29, 1.82) is 0 Å². The normalized spacial score (nSPS) is 20.7. The second-order valence-corrected chi connectivity index (χ2v) is 6.49. The van der Waals surface area contributed by atoms with Crippen LogP contribution in [0, 0.1) is 0 Å². The zero-order chi connectivity index (χ0) is 17.2. The lowest BCUT2D eigenvalue weighted by molar-refractivity contribution is 0.0637. The Morgan fingerprint density at radius 1 is 1.12 bits per heavy atom. The first-order chi connectivity index (χ1) is 12.2. The first-order valence-electron chi connectivity index (χ1n) is 8.62. The molecule has 0 amide bonds. The molecule has 1 aromatic carbocycles. The number of imidazole rings is 1. The zero-order valence-electron chi connectivity index (χ0n) is 13.9. The highest BCUT2D eigenvalue weighted by molar-refractivity contribution is 5.63. The van der Waals surface area contributed by atoms with Crippen LogP contribution in [0.4, 0.5) is 0 Å². The number of benzene rings is 1. The lowest BCUT2D eigenvalue weighted by Gasteiger charge is -2.25. The van der Waals surface area contributed by atoms with E-state index in [2.05, 4.69) is 10.1 Å². The fourth-order valence-corrected chi connectivity index (χ4v) is 3.28. The minimum atomic E-state index is -0.200. The molecule has 0 bridgehead atoms. The van der Waals surface area contributed by atoms with Crippen LogP contribution in [0.2, 0.25) is 0 Å². The summed E-state index contributed by atoms with van der Waals surface area (Å²) in [5.74, 6) is 0.562. The third-order valence-electron chi connectivity index (χ3n) is 4.67. The minimum Gasteiger partial charge on any atom is -0.473 e. The first kappa shape index (κ1) is 16.1. The maximum atomic E-state index is 9.61. The summed E-state index contributed by atoms with van der Waals surface area (Å²) in [5, 5.41) is 23.5. The maximum absolute atomic E-state index is 9.61. The molecule has 1 saturated carbocycles. The van der Waals surface area contributed by atoms with E-state index in [1.54, 1.807) is 10.7 Å². The molecule has 1 aliphatic rings. The van der Waals surface area contributed by atoms with E-state index in [4.69, 9.17) is 4.74 Å². The van der Waals surface area contributed by atoms with Gasteiger partial charge in [0.15, 0.2) is 5.65 Å². The van der Waals surface area contributed by atoms with Gasteiger partial charge in [-0.05, 0) is 43.4 Å². The van der Waals surface area contributed by atoms with Crippen LogP contribution in [0.3, 0.4) is 0 Å². The molecule has 0 radical (unpaired) electrons. The van der Waals surface area contributed by atoms with E-state index in [0.717, 1.165) is 48.2 Å². The van der Waals surface area contributed by atoms with Crippen molar-refractivity contribution in [2.24, 2.45) is 0 Å². The smallest absolute Gasteiger partial charge is 0.232 e. The summed E-state index contributed by atoms with van der Waals surface area (Å²) < 4.78 is 7.77. The van der Waals surface area contributed by atoms with Gasteiger partial charge in [0.2, 0.25) is 5.88 Å². The number of aliphatic hydroxyl groups is 2. The first-order valence-corrected chi connectivity index (χ1v) is 8.62. The van der Waals surface area contributed by atoms with Crippen molar-refractivity contribution in [3.05, 3.63) is 48.2 Å². The van der Waals surface area contributed by atoms with Crippen LogP contribution in [0.25, 0.3) is 16.9 Å². The second-order valence-electron chi connectivity index (χ2n) is 6.49. The number of ether oxygens (including phenoxy) is 1. The number of rotatable bonds is 4. The monoisotopic (exact) mass is 339 g/mol. The Hall–Kier alpha value is -2.44. The van der Waals surface area contributed by atoms with Crippen molar-refractivity contribution in [2.45, 2.75) is 44.5 Å². The number of nitrogens with zero attached hydrogens (tertiary/aromatic N) is 3. The third kappa shape index (κ3) is 3.36. The van der Waals surface area contributed by atoms with Crippen LogP contribution in [-0.2, 0) is 6.61 Å². The second kappa shape index (κ2) is 6.82. The van der Waals surface area contributed by atoms with Gasteiger partial charge in [-0.3, -0.25) is 0 Å². The molecule has 0 aliphatic heterocycles. The van der Waals surface area contributed by atoms with Gasteiger partial charge in [0, 0.05) is 11.6 Å². The topological polar surface area (TPSA) is 79.9 Å². The molecule has 2 aromatic heterocycles. The molecule has 2 N–H and O–H groups in total. The van der Waals surface area contributed by atoms with Gasteiger partial charge in [-0.1, -0.05) is 18.2 Å². The van der Waals surface area contributed by atoms with Gasteiger partial charge in [-0.25, -0.2) is 9.50 Å². The summed E-state index contributed by atoms with van der Waals surface area (Å²) in [5.41, 5.74) is 3.40. The summed E-state index contributed by atoms with van der Waals surface area (Å²) in [6, 6.07) is 11.4. The SMILES string of the molecule is OCc1cccc(-c2cnc3ccc(O[C@H]4CC[C@H](O)CC4)nn23)c1. The fraction of sp³-hybridized carbons (Fsp3) is 0.368. The van der Waals surface area contributed by atoms with Crippen LogP contribution in [0.1, 0.15) is 31.2 Å². The van der Waals surface area contributed by atoms with E-state index < -0.39 is 0 Å². The molecule has 6 heteroatoms. The summed E-state index contributed by atoms with van der Waals surface area (Å²) >= 11 is 0. The van der Waals surface area contributed by atoms with Crippen LogP contribution < -0.4 is 4.74 Å². The van der Waals surface area contributed by atoms with Gasteiger partial charge in [0.05, 0.1) is 24.6 Å². The largest absolute Gasteiger partial charge is 0.473 e. The minimum absolute atomic E-state index is 0.000102. The molecular weight excluding hydrogens is 318 g/mol. The molecule has 0 atom stereocenters. The van der Waals surface area contributed by atoms with Crippen molar-refractivity contribution in [2.75, 3.05) is 0 Å². The molecule has 0 spiro atoms. The van der Waals surface area contributed by atoms with E-state index in [0.29, 0.717) is 5.88 Å². The van der Waals surface area contributed by atoms with Crippen molar-refractivity contribution in [3.8, 4) is 17.1 Å². The van der Waals surface area contributed by atoms with Crippen LogP contribution in [0.15, 0.2) is 42.6 Å². The highest BCUT2D eigenvalue weighted by Gasteiger charge is 2.21. The number of hydrogen-bond acceptors (Lipinski definition) is 5. The van der Waals surface area contributed by atoms with E-state index in [1.807, 2.05) is 36.4 Å². The Bertz CT molecular complexity index is 869. The third-order valence-corrected chi connectivity index (χ3v) is 4.67. The molecule has 4 rings (SSSR count). The number of aliphatic hydroxyl groups excluding tert-OH is 2. The number of hydrogen-bond donors (Lipinski definition) is 2. The van der Waals surface area contributed by atoms with Crippen LogP contribution in [0.5, 0.6) is 5.88 Å². The van der Waals surface area contributed by atoms with E-state index in [1.165, 1.54) is 0 Å². The van der Waals surface area contributed by atoms with Crippen LogP contribution in [-0.4, -0.2) is 37.0 Å². The molecule has 1 aliphatic carbocycles. The molecule has 2 heterocycles. The van der Waals surface area contributed by atoms with Crippen molar-refractivity contribution in [1.82, 2.24) is 14.6 Å². The quantitative estimate of drug-likeness (QED) is 0.764. The average Bonchev–Trinajstić information content (AvgIpc) is 3.07.